The number of rotatable bonds is 4. The van der Waals surface area contributed by atoms with Crippen LogP contribution >= 0.6 is 0 Å². The first-order valence-corrected chi connectivity index (χ1v) is 7.96. The molecule has 1 aliphatic heterocycles. The molecule has 0 aliphatic carbocycles. The van der Waals surface area contributed by atoms with Crippen molar-refractivity contribution in [2.75, 3.05) is 26.2 Å². The maximum absolute atomic E-state index is 13.3. The average molecular weight is 314 g/mol. The van der Waals surface area contributed by atoms with Gasteiger partial charge in [0.2, 0.25) is 0 Å². The van der Waals surface area contributed by atoms with Crippen molar-refractivity contribution in [2.24, 2.45) is 0 Å². The van der Waals surface area contributed by atoms with Gasteiger partial charge in [-0.1, -0.05) is 19.1 Å². The van der Waals surface area contributed by atoms with Crippen LogP contribution in [0, 0.1) is 0 Å². The number of hydrogen-bond acceptors (Lipinski definition) is 2. The highest BCUT2D eigenvalue weighted by molar-refractivity contribution is 5.34. The van der Waals surface area contributed by atoms with E-state index in [2.05, 4.69) is 23.6 Å². The van der Waals surface area contributed by atoms with Crippen LogP contribution in [0.2, 0.25) is 0 Å². The first-order valence-electron chi connectivity index (χ1n) is 7.96. The van der Waals surface area contributed by atoms with Gasteiger partial charge in [-0.3, -0.25) is 9.80 Å². The summed E-state index contributed by atoms with van der Waals surface area (Å²) in [5.41, 5.74) is 0.654. The van der Waals surface area contributed by atoms with Crippen LogP contribution < -0.4 is 0 Å². The Bertz CT molecular complexity index is 489. The Morgan fingerprint density at radius 2 is 1.73 bits per heavy atom. The van der Waals surface area contributed by atoms with E-state index < -0.39 is 11.7 Å². The summed E-state index contributed by atoms with van der Waals surface area (Å²) < 4.78 is 39.8. The van der Waals surface area contributed by atoms with Gasteiger partial charge in [0.15, 0.2) is 0 Å². The summed E-state index contributed by atoms with van der Waals surface area (Å²) in [6, 6.07) is 5.27. The summed E-state index contributed by atoms with van der Waals surface area (Å²) >= 11 is 0. The van der Waals surface area contributed by atoms with E-state index >= 15 is 0 Å². The van der Waals surface area contributed by atoms with Gasteiger partial charge in [0, 0.05) is 38.8 Å². The second-order valence-corrected chi connectivity index (χ2v) is 6.25. The molecule has 0 amide bonds. The minimum absolute atomic E-state index is 0.380. The molecule has 0 N–H and O–H groups in total. The Hall–Kier alpha value is -1.07. The molecule has 5 heteroatoms. The smallest absolute Gasteiger partial charge is 0.298 e. The second kappa shape index (κ2) is 7.01. The Balaban J connectivity index is 2.10. The number of piperazine rings is 1. The zero-order valence-electron chi connectivity index (χ0n) is 13.6. The summed E-state index contributed by atoms with van der Waals surface area (Å²) in [5.74, 6) is 0. The molecule has 1 saturated heterocycles. The molecular weight excluding hydrogens is 289 g/mol. The quantitative estimate of drug-likeness (QED) is 0.834. The Kier molecular flexibility index (Phi) is 5.50. The third-order valence-electron chi connectivity index (χ3n) is 4.42. The zero-order chi connectivity index (χ0) is 16.3. The highest BCUT2D eigenvalue weighted by Gasteiger charge is 2.34. The Labute approximate surface area is 130 Å². The monoisotopic (exact) mass is 314 g/mol. The molecule has 2 rings (SSSR count). The summed E-state index contributed by atoms with van der Waals surface area (Å²) in [4.78, 5) is 4.48. The van der Waals surface area contributed by atoms with Crippen LogP contribution in [0.25, 0.3) is 0 Å². The van der Waals surface area contributed by atoms with Crippen LogP contribution in [0.15, 0.2) is 18.2 Å². The van der Waals surface area contributed by atoms with Gasteiger partial charge in [-0.2, -0.15) is 13.2 Å². The summed E-state index contributed by atoms with van der Waals surface area (Å²) in [6.07, 6.45) is -3.66. The molecule has 0 unspecified atom stereocenters. The van der Waals surface area contributed by atoms with E-state index in [1.165, 1.54) is 6.07 Å². The van der Waals surface area contributed by atoms with E-state index in [9.17, 15) is 13.2 Å². The lowest BCUT2D eigenvalue weighted by Crippen LogP contribution is -2.48. The lowest BCUT2D eigenvalue weighted by atomic mass is 10.0. The number of alkyl halides is 3. The van der Waals surface area contributed by atoms with E-state index in [0.29, 0.717) is 24.6 Å². The maximum Gasteiger partial charge on any atom is 0.416 e. The van der Waals surface area contributed by atoms with Crippen LogP contribution in [0.4, 0.5) is 13.2 Å². The fraction of sp³-hybridized carbons (Fsp3) is 0.647. The molecule has 1 heterocycles. The van der Waals surface area contributed by atoms with Crippen LogP contribution in [-0.4, -0.2) is 42.0 Å². The molecule has 0 spiro atoms. The molecule has 1 aromatic carbocycles. The van der Waals surface area contributed by atoms with E-state index in [1.807, 2.05) is 13.0 Å². The van der Waals surface area contributed by atoms with Crippen molar-refractivity contribution in [3.05, 3.63) is 34.9 Å². The molecule has 1 fully saturated rings. The highest BCUT2D eigenvalue weighted by atomic mass is 19.4. The third-order valence-corrected chi connectivity index (χ3v) is 4.42. The normalized spacial score (nSPS) is 18.1. The van der Waals surface area contributed by atoms with Crippen molar-refractivity contribution < 1.29 is 13.2 Å². The summed E-state index contributed by atoms with van der Waals surface area (Å²) in [6.45, 7) is 10.1. The topological polar surface area (TPSA) is 6.48 Å². The fourth-order valence-electron chi connectivity index (χ4n) is 2.92. The number of hydrogen-bond donors (Lipinski definition) is 0. The van der Waals surface area contributed by atoms with Gasteiger partial charge in [0.1, 0.15) is 0 Å². The van der Waals surface area contributed by atoms with Crippen molar-refractivity contribution in [3.63, 3.8) is 0 Å². The van der Waals surface area contributed by atoms with Crippen molar-refractivity contribution in [1.29, 1.82) is 0 Å². The molecule has 1 aromatic rings. The predicted molar refractivity (Wildman–Crippen MR) is 82.8 cm³/mol. The lowest BCUT2D eigenvalue weighted by Gasteiger charge is -2.37. The molecule has 124 valence electrons. The molecule has 2 nitrogen and oxygen atoms in total. The van der Waals surface area contributed by atoms with E-state index in [1.54, 1.807) is 6.07 Å². The van der Waals surface area contributed by atoms with Crippen LogP contribution in [0.3, 0.4) is 0 Å². The van der Waals surface area contributed by atoms with Gasteiger partial charge in [-0.15, -0.1) is 0 Å². The van der Waals surface area contributed by atoms with E-state index in [4.69, 9.17) is 0 Å². The Morgan fingerprint density at radius 3 is 2.23 bits per heavy atom. The molecule has 0 aromatic heterocycles. The molecule has 0 saturated carbocycles. The molecule has 0 bridgehead atoms. The number of nitrogens with zero attached hydrogens (tertiary/aromatic N) is 2. The minimum Gasteiger partial charge on any atom is -0.298 e. The van der Waals surface area contributed by atoms with Crippen molar-refractivity contribution in [2.45, 2.75) is 46.0 Å². The van der Waals surface area contributed by atoms with Gasteiger partial charge in [0.25, 0.3) is 0 Å². The van der Waals surface area contributed by atoms with Crippen LogP contribution in [0.1, 0.15) is 37.5 Å². The predicted octanol–water partition coefficient (Wildman–Crippen LogP) is 3.79. The van der Waals surface area contributed by atoms with E-state index in [-0.39, 0.29) is 0 Å². The molecule has 22 heavy (non-hydrogen) atoms. The third kappa shape index (κ3) is 4.23. The maximum atomic E-state index is 13.3. The first-order chi connectivity index (χ1) is 10.3. The first kappa shape index (κ1) is 17.3. The van der Waals surface area contributed by atoms with Gasteiger partial charge in [-0.25, -0.2) is 0 Å². The average Bonchev–Trinajstić information content (AvgIpc) is 2.47. The lowest BCUT2D eigenvalue weighted by molar-refractivity contribution is -0.138. The molecular formula is C17H25F3N2. The number of halogens is 3. The Morgan fingerprint density at radius 1 is 1.09 bits per heavy atom. The van der Waals surface area contributed by atoms with Crippen LogP contribution in [-0.2, 0) is 19.1 Å². The van der Waals surface area contributed by atoms with Crippen molar-refractivity contribution in [1.82, 2.24) is 9.80 Å². The van der Waals surface area contributed by atoms with Gasteiger partial charge < -0.3 is 0 Å². The molecule has 0 radical (unpaired) electrons. The standard InChI is InChI=1S/C17H25F3N2/c1-4-14-5-6-15(16(11-14)17(18,19)20)12-21-7-9-22(10-8-21)13(2)3/h5-6,11,13H,4,7-10,12H2,1-3H3. The SMILES string of the molecule is CCc1ccc(CN2CCN(C(C)C)CC2)c(C(F)(F)F)c1. The summed E-state index contributed by atoms with van der Waals surface area (Å²) in [7, 11) is 0. The van der Waals surface area contributed by atoms with Gasteiger partial charge in [-0.05, 0) is 37.5 Å². The number of benzene rings is 1. The summed E-state index contributed by atoms with van der Waals surface area (Å²) in [5, 5.41) is 0. The fourth-order valence-corrected chi connectivity index (χ4v) is 2.92. The zero-order valence-corrected chi connectivity index (χ0v) is 13.6. The van der Waals surface area contributed by atoms with Crippen molar-refractivity contribution >= 4 is 0 Å². The van der Waals surface area contributed by atoms with Gasteiger partial charge in [0.05, 0.1) is 5.56 Å². The second-order valence-electron chi connectivity index (χ2n) is 6.25. The minimum atomic E-state index is -4.28. The van der Waals surface area contributed by atoms with E-state index in [0.717, 1.165) is 31.7 Å². The largest absolute Gasteiger partial charge is 0.416 e. The van der Waals surface area contributed by atoms with Crippen molar-refractivity contribution in [3.8, 4) is 0 Å². The van der Waals surface area contributed by atoms with Gasteiger partial charge >= 0.3 is 6.18 Å². The van der Waals surface area contributed by atoms with Crippen LogP contribution in [0.5, 0.6) is 0 Å². The number of aryl methyl sites for hydroxylation is 1. The highest BCUT2D eigenvalue weighted by Crippen LogP contribution is 2.33. The molecule has 1 aliphatic rings. The molecule has 0 atom stereocenters.